The van der Waals surface area contributed by atoms with Crippen LogP contribution in [0.15, 0.2) is 65.9 Å². The molecule has 0 bridgehead atoms. The van der Waals surface area contributed by atoms with Crippen LogP contribution in [0.1, 0.15) is 10.4 Å². The lowest BCUT2D eigenvalue weighted by atomic mass is 10.0. The topological polar surface area (TPSA) is 104 Å². The Morgan fingerprint density at radius 1 is 0.882 bits per heavy atom. The average molecular weight is 462 g/mol. The van der Waals surface area contributed by atoms with Crippen LogP contribution in [0.3, 0.4) is 0 Å². The van der Waals surface area contributed by atoms with Crippen molar-refractivity contribution in [3.05, 3.63) is 71.4 Å². The van der Waals surface area contributed by atoms with E-state index in [0.29, 0.717) is 27.8 Å². The summed E-state index contributed by atoms with van der Waals surface area (Å²) in [4.78, 5) is 43.2. The maximum Gasteiger partial charge on any atom is 0.355 e. The molecular formula is C25H22N2O7. The summed E-state index contributed by atoms with van der Waals surface area (Å²) in [5.41, 5.74) is 3.13. The molecule has 9 nitrogen and oxygen atoms in total. The minimum absolute atomic E-state index is 0.0466. The van der Waals surface area contributed by atoms with E-state index in [4.69, 9.17) is 18.9 Å². The van der Waals surface area contributed by atoms with Crippen molar-refractivity contribution in [3.63, 3.8) is 0 Å². The van der Waals surface area contributed by atoms with Gasteiger partial charge in [-0.05, 0) is 24.3 Å². The molecule has 3 aromatic rings. The number of hydrogen-bond donors (Lipinski definition) is 0. The molecule has 2 aromatic carbocycles. The first-order chi connectivity index (χ1) is 16.5. The van der Waals surface area contributed by atoms with Crippen molar-refractivity contribution < 1.29 is 33.3 Å². The number of para-hydroxylation sites is 1. The van der Waals surface area contributed by atoms with Crippen LogP contribution in [0.4, 0.5) is 5.69 Å². The van der Waals surface area contributed by atoms with E-state index >= 15 is 0 Å². The summed E-state index contributed by atoms with van der Waals surface area (Å²) in [7, 11) is 3.81. The lowest BCUT2D eigenvalue weighted by molar-refractivity contribution is -0.140. The molecule has 4 rings (SSSR count). The summed E-state index contributed by atoms with van der Waals surface area (Å²) in [6.45, 7) is -0.0198. The maximum absolute atomic E-state index is 12.5. The SMILES string of the molecule is COC(=O)C1=C(C(=O)OC)N(c2ccc(-c3cc(C(=O)OC)c4ccccc4n3)cc2)COC1. The number of rotatable bonds is 5. The van der Waals surface area contributed by atoms with Crippen LogP contribution >= 0.6 is 0 Å². The third kappa shape index (κ3) is 4.20. The fourth-order valence-electron chi connectivity index (χ4n) is 3.76. The number of carbonyl (C=O) groups is 3. The van der Waals surface area contributed by atoms with Gasteiger partial charge < -0.3 is 23.8 Å². The number of anilines is 1. The second kappa shape index (κ2) is 9.72. The molecule has 1 aromatic heterocycles. The van der Waals surface area contributed by atoms with E-state index < -0.39 is 17.9 Å². The van der Waals surface area contributed by atoms with Crippen LogP contribution in [0.5, 0.6) is 0 Å². The van der Waals surface area contributed by atoms with Gasteiger partial charge in [0.2, 0.25) is 0 Å². The monoisotopic (exact) mass is 462 g/mol. The van der Waals surface area contributed by atoms with Crippen molar-refractivity contribution in [3.8, 4) is 11.3 Å². The molecule has 1 aliphatic rings. The van der Waals surface area contributed by atoms with E-state index in [9.17, 15) is 14.4 Å². The van der Waals surface area contributed by atoms with Gasteiger partial charge in [-0.2, -0.15) is 0 Å². The number of aromatic nitrogens is 1. The van der Waals surface area contributed by atoms with Crippen molar-refractivity contribution in [2.75, 3.05) is 39.6 Å². The van der Waals surface area contributed by atoms with Crippen LogP contribution in [0, 0.1) is 0 Å². The fraction of sp³-hybridized carbons (Fsp3) is 0.200. The number of benzene rings is 2. The molecular weight excluding hydrogens is 440 g/mol. The first kappa shape index (κ1) is 22.9. The first-order valence-electron chi connectivity index (χ1n) is 10.3. The normalized spacial score (nSPS) is 13.6. The fourth-order valence-corrected chi connectivity index (χ4v) is 3.76. The highest BCUT2D eigenvalue weighted by atomic mass is 16.5. The molecule has 0 N–H and O–H groups in total. The Hall–Kier alpha value is -4.24. The predicted octanol–water partition coefficient (Wildman–Crippen LogP) is 3.08. The van der Waals surface area contributed by atoms with Gasteiger partial charge in [-0.25, -0.2) is 19.4 Å². The minimum atomic E-state index is -0.674. The van der Waals surface area contributed by atoms with Crippen LogP contribution in [-0.2, 0) is 28.5 Å². The molecule has 9 heteroatoms. The highest BCUT2D eigenvalue weighted by molar-refractivity contribution is 6.05. The Bertz CT molecular complexity index is 1300. The Labute approximate surface area is 195 Å². The van der Waals surface area contributed by atoms with Gasteiger partial charge in [-0.3, -0.25) is 0 Å². The third-order valence-electron chi connectivity index (χ3n) is 5.43. The Morgan fingerprint density at radius 3 is 2.24 bits per heavy atom. The summed E-state index contributed by atoms with van der Waals surface area (Å²) in [5.74, 6) is -1.80. The lowest BCUT2D eigenvalue weighted by Crippen LogP contribution is -2.38. The van der Waals surface area contributed by atoms with E-state index in [1.54, 1.807) is 35.2 Å². The summed E-state index contributed by atoms with van der Waals surface area (Å²) in [6.07, 6.45) is 0. The second-order valence-corrected chi connectivity index (χ2v) is 7.33. The molecule has 0 saturated heterocycles. The van der Waals surface area contributed by atoms with Crippen molar-refractivity contribution in [2.24, 2.45) is 0 Å². The molecule has 0 saturated carbocycles. The van der Waals surface area contributed by atoms with Gasteiger partial charge in [0.25, 0.3) is 0 Å². The molecule has 0 unspecified atom stereocenters. The molecule has 0 fully saturated rings. The van der Waals surface area contributed by atoms with E-state index in [1.165, 1.54) is 21.3 Å². The molecule has 0 spiro atoms. The zero-order chi connectivity index (χ0) is 24.2. The van der Waals surface area contributed by atoms with Gasteiger partial charge in [-0.15, -0.1) is 0 Å². The Kier molecular flexibility index (Phi) is 6.55. The van der Waals surface area contributed by atoms with Crippen LogP contribution < -0.4 is 4.90 Å². The summed E-state index contributed by atoms with van der Waals surface area (Å²) in [5, 5.41) is 0.698. The van der Waals surface area contributed by atoms with E-state index in [0.717, 1.165) is 5.56 Å². The maximum atomic E-state index is 12.5. The molecule has 1 aliphatic heterocycles. The Morgan fingerprint density at radius 2 is 1.56 bits per heavy atom. The molecule has 174 valence electrons. The minimum Gasteiger partial charge on any atom is -0.466 e. The van der Waals surface area contributed by atoms with Crippen LogP contribution in [0.2, 0.25) is 0 Å². The quantitative estimate of drug-likeness (QED) is 0.418. The largest absolute Gasteiger partial charge is 0.466 e. The van der Waals surface area contributed by atoms with E-state index in [-0.39, 0.29) is 24.6 Å². The number of ether oxygens (including phenoxy) is 4. The second-order valence-electron chi connectivity index (χ2n) is 7.33. The van der Waals surface area contributed by atoms with E-state index in [1.807, 2.05) is 24.3 Å². The van der Waals surface area contributed by atoms with Crippen molar-refractivity contribution in [1.29, 1.82) is 0 Å². The molecule has 0 atom stereocenters. The zero-order valence-electron chi connectivity index (χ0n) is 18.9. The number of esters is 3. The number of carbonyl (C=O) groups excluding carboxylic acids is 3. The predicted molar refractivity (Wildman–Crippen MR) is 123 cm³/mol. The first-order valence-corrected chi connectivity index (χ1v) is 10.3. The molecule has 0 radical (unpaired) electrons. The lowest BCUT2D eigenvalue weighted by Gasteiger charge is -2.31. The summed E-state index contributed by atoms with van der Waals surface area (Å²) >= 11 is 0. The molecule has 0 aliphatic carbocycles. The number of methoxy groups -OCH3 is 3. The molecule has 34 heavy (non-hydrogen) atoms. The highest BCUT2D eigenvalue weighted by Crippen LogP contribution is 2.30. The summed E-state index contributed by atoms with van der Waals surface area (Å²) in [6, 6.07) is 16.1. The zero-order valence-corrected chi connectivity index (χ0v) is 18.9. The highest BCUT2D eigenvalue weighted by Gasteiger charge is 2.32. The van der Waals surface area contributed by atoms with E-state index in [2.05, 4.69) is 4.98 Å². The Balaban J connectivity index is 1.75. The van der Waals surface area contributed by atoms with Crippen molar-refractivity contribution in [2.45, 2.75) is 0 Å². The standard InChI is InChI=1S/C25H22N2O7/c1-31-23(28)18-12-21(26-20-7-5-4-6-17(18)20)15-8-10-16(11-9-15)27-14-34-13-19(24(29)32-2)22(27)25(30)33-3/h4-12H,13-14H2,1-3H3. The van der Waals surface area contributed by atoms with Gasteiger partial charge in [0, 0.05) is 16.6 Å². The number of fused-ring (bicyclic) bond motifs is 1. The smallest absolute Gasteiger partial charge is 0.355 e. The van der Waals surface area contributed by atoms with Gasteiger partial charge in [0.05, 0.1) is 50.3 Å². The number of hydrogen-bond acceptors (Lipinski definition) is 9. The van der Waals surface area contributed by atoms with Gasteiger partial charge >= 0.3 is 17.9 Å². The van der Waals surface area contributed by atoms with Gasteiger partial charge in [-0.1, -0.05) is 30.3 Å². The third-order valence-corrected chi connectivity index (χ3v) is 5.43. The summed E-state index contributed by atoms with van der Waals surface area (Å²) < 4.78 is 20.1. The van der Waals surface area contributed by atoms with Crippen LogP contribution in [-0.4, -0.2) is 57.6 Å². The van der Waals surface area contributed by atoms with Gasteiger partial charge in [0.1, 0.15) is 12.4 Å². The molecule has 0 amide bonds. The van der Waals surface area contributed by atoms with Crippen molar-refractivity contribution >= 4 is 34.5 Å². The number of pyridine rings is 1. The van der Waals surface area contributed by atoms with Crippen molar-refractivity contribution in [1.82, 2.24) is 4.98 Å². The van der Waals surface area contributed by atoms with Gasteiger partial charge in [0.15, 0.2) is 0 Å². The molecule has 2 heterocycles. The average Bonchev–Trinajstić information content (AvgIpc) is 2.90. The van der Waals surface area contributed by atoms with Crippen LogP contribution in [0.25, 0.3) is 22.2 Å². The number of nitrogens with zero attached hydrogens (tertiary/aromatic N) is 2.